The van der Waals surface area contributed by atoms with Crippen LogP contribution in [-0.4, -0.2) is 59.3 Å². The molecule has 1 aliphatic rings. The first-order valence-corrected chi connectivity index (χ1v) is 6.48. The predicted molar refractivity (Wildman–Crippen MR) is 67.8 cm³/mol. The highest BCUT2D eigenvalue weighted by molar-refractivity contribution is 6.29. The largest absolute Gasteiger partial charge is 0.451 e. The molecule has 1 aliphatic heterocycles. The van der Waals surface area contributed by atoms with E-state index in [9.17, 15) is 13.2 Å². The Bertz CT molecular complexity index is 463. The Morgan fingerprint density at radius 1 is 1.20 bits per heavy atom. The Morgan fingerprint density at radius 3 is 2.40 bits per heavy atom. The second-order valence-corrected chi connectivity index (χ2v) is 4.81. The van der Waals surface area contributed by atoms with Gasteiger partial charge in [0.25, 0.3) is 0 Å². The number of aromatic nitrogens is 2. The molecule has 0 saturated carbocycles. The number of aliphatic hydroxyl groups is 1. The molecule has 9 heteroatoms. The topological polar surface area (TPSA) is 52.5 Å². The summed E-state index contributed by atoms with van der Waals surface area (Å²) in [5.41, 5.74) is 0. The van der Waals surface area contributed by atoms with Crippen LogP contribution in [0, 0.1) is 0 Å². The van der Waals surface area contributed by atoms with Crippen molar-refractivity contribution < 1.29 is 18.3 Å². The van der Waals surface area contributed by atoms with Crippen LogP contribution in [0.15, 0.2) is 6.07 Å². The third kappa shape index (κ3) is 3.71. The monoisotopic (exact) mass is 310 g/mol. The number of aliphatic hydroxyl groups excluding tert-OH is 1. The van der Waals surface area contributed by atoms with Crippen molar-refractivity contribution in [2.45, 2.75) is 6.18 Å². The standard InChI is InChI=1S/C11H14ClF3N4O/c12-8-7-9(17-10(16-8)11(13,14)15)19-3-1-18(2-4-19)5-6-20/h7,20H,1-6H2. The summed E-state index contributed by atoms with van der Waals surface area (Å²) in [5, 5.41) is 8.62. The number of piperazine rings is 1. The summed E-state index contributed by atoms with van der Waals surface area (Å²) in [4.78, 5) is 10.5. The lowest BCUT2D eigenvalue weighted by Crippen LogP contribution is -2.47. The molecule has 0 amide bonds. The van der Waals surface area contributed by atoms with Crippen LogP contribution in [0.5, 0.6) is 0 Å². The summed E-state index contributed by atoms with van der Waals surface area (Å²) in [7, 11) is 0. The van der Waals surface area contributed by atoms with Gasteiger partial charge in [0, 0.05) is 38.8 Å². The van der Waals surface area contributed by atoms with E-state index in [2.05, 4.69) is 9.97 Å². The second-order valence-electron chi connectivity index (χ2n) is 4.42. The molecule has 1 aromatic rings. The number of hydrogen-bond acceptors (Lipinski definition) is 5. The molecule has 5 nitrogen and oxygen atoms in total. The summed E-state index contributed by atoms with van der Waals surface area (Å²) >= 11 is 5.63. The van der Waals surface area contributed by atoms with Crippen LogP contribution in [0.3, 0.4) is 0 Å². The molecule has 1 N–H and O–H groups in total. The summed E-state index contributed by atoms with van der Waals surface area (Å²) in [5.74, 6) is -1.04. The Balaban J connectivity index is 2.12. The van der Waals surface area contributed by atoms with Crippen molar-refractivity contribution in [1.29, 1.82) is 0 Å². The van der Waals surface area contributed by atoms with Crippen molar-refractivity contribution in [3.8, 4) is 0 Å². The minimum Gasteiger partial charge on any atom is -0.395 e. The van der Waals surface area contributed by atoms with E-state index < -0.39 is 12.0 Å². The number of halogens is 4. The summed E-state index contributed by atoms with van der Waals surface area (Å²) in [6, 6.07) is 1.33. The maximum atomic E-state index is 12.6. The van der Waals surface area contributed by atoms with Gasteiger partial charge in [-0.15, -0.1) is 0 Å². The lowest BCUT2D eigenvalue weighted by Gasteiger charge is -2.35. The second kappa shape index (κ2) is 6.11. The highest BCUT2D eigenvalue weighted by atomic mass is 35.5. The molecular formula is C11H14ClF3N4O. The molecule has 0 spiro atoms. The van der Waals surface area contributed by atoms with Gasteiger partial charge in [-0.05, 0) is 0 Å². The number of anilines is 1. The SMILES string of the molecule is OCCN1CCN(c2cc(Cl)nc(C(F)(F)F)n2)CC1. The fourth-order valence-electron chi connectivity index (χ4n) is 2.04. The number of hydrogen-bond donors (Lipinski definition) is 1. The molecule has 0 bridgehead atoms. The van der Waals surface area contributed by atoms with Crippen molar-refractivity contribution in [2.24, 2.45) is 0 Å². The van der Waals surface area contributed by atoms with Gasteiger partial charge in [0.1, 0.15) is 11.0 Å². The van der Waals surface area contributed by atoms with Crippen molar-refractivity contribution in [3.05, 3.63) is 17.0 Å². The van der Waals surface area contributed by atoms with Gasteiger partial charge in [-0.1, -0.05) is 11.6 Å². The lowest BCUT2D eigenvalue weighted by molar-refractivity contribution is -0.144. The van der Waals surface area contributed by atoms with Crippen molar-refractivity contribution in [1.82, 2.24) is 14.9 Å². The van der Waals surface area contributed by atoms with E-state index in [0.717, 1.165) is 0 Å². The molecule has 2 rings (SSSR count). The van der Waals surface area contributed by atoms with E-state index in [1.165, 1.54) is 6.07 Å². The molecule has 0 unspecified atom stereocenters. The van der Waals surface area contributed by atoms with Crippen LogP contribution in [0.25, 0.3) is 0 Å². The van der Waals surface area contributed by atoms with E-state index in [-0.39, 0.29) is 17.6 Å². The molecule has 0 atom stereocenters. The van der Waals surface area contributed by atoms with Gasteiger partial charge in [-0.2, -0.15) is 13.2 Å². The fraction of sp³-hybridized carbons (Fsp3) is 0.636. The number of alkyl halides is 3. The van der Waals surface area contributed by atoms with Crippen molar-refractivity contribution in [2.75, 3.05) is 44.2 Å². The highest BCUT2D eigenvalue weighted by Gasteiger charge is 2.36. The minimum atomic E-state index is -4.61. The van der Waals surface area contributed by atoms with Gasteiger partial charge in [0.05, 0.1) is 6.61 Å². The fourth-order valence-corrected chi connectivity index (χ4v) is 2.21. The maximum absolute atomic E-state index is 12.6. The van der Waals surface area contributed by atoms with Gasteiger partial charge < -0.3 is 10.0 Å². The van der Waals surface area contributed by atoms with Gasteiger partial charge >= 0.3 is 6.18 Å². The zero-order valence-corrected chi connectivity index (χ0v) is 11.3. The molecule has 1 aromatic heterocycles. The molecule has 1 saturated heterocycles. The normalized spacial score (nSPS) is 17.6. The van der Waals surface area contributed by atoms with Crippen LogP contribution in [-0.2, 0) is 6.18 Å². The van der Waals surface area contributed by atoms with Gasteiger partial charge in [-0.25, -0.2) is 9.97 Å². The van der Waals surface area contributed by atoms with Gasteiger partial charge in [0.15, 0.2) is 0 Å². The van der Waals surface area contributed by atoms with Crippen LogP contribution in [0.2, 0.25) is 5.15 Å². The first-order valence-electron chi connectivity index (χ1n) is 6.10. The van der Waals surface area contributed by atoms with Crippen LogP contribution < -0.4 is 4.90 Å². The molecule has 112 valence electrons. The molecule has 0 radical (unpaired) electrons. The van der Waals surface area contributed by atoms with Gasteiger partial charge in [0.2, 0.25) is 5.82 Å². The first kappa shape index (κ1) is 15.3. The third-order valence-corrected chi connectivity index (χ3v) is 3.24. The highest BCUT2D eigenvalue weighted by Crippen LogP contribution is 2.29. The Kier molecular flexibility index (Phi) is 4.66. The van der Waals surface area contributed by atoms with E-state index in [4.69, 9.17) is 16.7 Å². The van der Waals surface area contributed by atoms with Crippen molar-refractivity contribution >= 4 is 17.4 Å². The summed E-state index contributed by atoms with van der Waals surface area (Å²) < 4.78 is 37.9. The summed E-state index contributed by atoms with van der Waals surface area (Å²) in [6.07, 6.45) is -4.61. The zero-order valence-electron chi connectivity index (χ0n) is 10.6. The Labute approximate surface area is 119 Å². The van der Waals surface area contributed by atoms with Crippen LogP contribution >= 0.6 is 11.6 Å². The number of β-amino-alcohol motifs (C(OH)–C–C–N with tert-alkyl or cyclic N) is 1. The predicted octanol–water partition coefficient (Wildman–Crippen LogP) is 1.26. The smallest absolute Gasteiger partial charge is 0.395 e. The van der Waals surface area contributed by atoms with Crippen molar-refractivity contribution in [3.63, 3.8) is 0 Å². The van der Waals surface area contributed by atoms with Crippen LogP contribution in [0.1, 0.15) is 5.82 Å². The molecular weight excluding hydrogens is 297 g/mol. The lowest BCUT2D eigenvalue weighted by atomic mass is 10.3. The molecule has 0 aliphatic carbocycles. The van der Waals surface area contributed by atoms with Crippen LogP contribution in [0.4, 0.5) is 19.0 Å². The number of nitrogens with zero attached hydrogens (tertiary/aromatic N) is 4. The first-order chi connectivity index (χ1) is 9.40. The Morgan fingerprint density at radius 2 is 1.85 bits per heavy atom. The molecule has 0 aromatic carbocycles. The quantitative estimate of drug-likeness (QED) is 0.852. The number of rotatable bonds is 3. The molecule has 20 heavy (non-hydrogen) atoms. The van der Waals surface area contributed by atoms with Gasteiger partial charge in [-0.3, -0.25) is 4.90 Å². The average molecular weight is 311 g/mol. The molecule has 2 heterocycles. The summed E-state index contributed by atoms with van der Waals surface area (Å²) in [6.45, 7) is 3.01. The van der Waals surface area contributed by atoms with E-state index in [1.54, 1.807) is 4.90 Å². The minimum absolute atomic E-state index is 0.0670. The maximum Gasteiger partial charge on any atom is 0.451 e. The van der Waals surface area contributed by atoms with E-state index in [0.29, 0.717) is 32.7 Å². The third-order valence-electron chi connectivity index (χ3n) is 3.05. The molecule has 1 fully saturated rings. The average Bonchev–Trinajstić information content (AvgIpc) is 2.38. The Hall–Kier alpha value is -1.12. The van der Waals surface area contributed by atoms with E-state index in [1.807, 2.05) is 4.90 Å². The van der Waals surface area contributed by atoms with E-state index >= 15 is 0 Å². The zero-order chi connectivity index (χ0) is 14.8.